The lowest BCUT2D eigenvalue weighted by molar-refractivity contribution is 0.143. The monoisotopic (exact) mass is 390 g/mol. The molecule has 1 saturated carbocycles. The zero-order chi connectivity index (χ0) is 20.3. The fraction of sp³-hybridized carbons (Fsp3) is 0.474. The van der Waals surface area contributed by atoms with Gasteiger partial charge >= 0.3 is 6.16 Å². The Morgan fingerprint density at radius 2 is 2.04 bits per heavy atom. The number of aromatic nitrogens is 1. The smallest absolute Gasteiger partial charge is 0.449 e. The van der Waals surface area contributed by atoms with E-state index < -0.39 is 17.4 Å². The van der Waals surface area contributed by atoms with Crippen LogP contribution in [0.1, 0.15) is 31.4 Å². The van der Waals surface area contributed by atoms with Gasteiger partial charge in [-0.1, -0.05) is 6.92 Å². The normalized spacial score (nSPS) is 22.1. The Morgan fingerprint density at radius 3 is 2.57 bits per heavy atom. The molecule has 0 radical (unpaired) electrons. The fourth-order valence-corrected chi connectivity index (χ4v) is 4.11. The Kier molecular flexibility index (Phi) is 4.22. The van der Waals surface area contributed by atoms with Gasteiger partial charge in [-0.25, -0.2) is 9.18 Å². The van der Waals surface area contributed by atoms with E-state index >= 15 is 4.39 Å². The summed E-state index contributed by atoms with van der Waals surface area (Å²) >= 11 is 0. The standard InChI is InChI=1S/C19H23FN4O4/c1-8-5-23(6-11(8)21)17-9(2)16-13(15(22)14(17)20)18(25)12(28-19(26)27)7-24(16)10-3-4-10/h7-8,10-11H,3-6,21-22H2,1-2H3,(H,26,27). The highest BCUT2D eigenvalue weighted by atomic mass is 19.1. The van der Waals surface area contributed by atoms with Crippen LogP contribution in [0, 0.1) is 18.7 Å². The molecule has 8 nitrogen and oxygen atoms in total. The second-order valence-electron chi connectivity index (χ2n) is 7.80. The summed E-state index contributed by atoms with van der Waals surface area (Å²) < 4.78 is 21.7. The highest BCUT2D eigenvalue weighted by Gasteiger charge is 2.34. The lowest BCUT2D eigenvalue weighted by Gasteiger charge is -2.25. The van der Waals surface area contributed by atoms with Gasteiger partial charge in [0.05, 0.1) is 28.5 Å². The topological polar surface area (TPSA) is 124 Å². The number of carbonyl (C=O) groups is 1. The first-order valence-corrected chi connectivity index (χ1v) is 9.28. The van der Waals surface area contributed by atoms with Gasteiger partial charge in [-0.15, -0.1) is 0 Å². The first-order valence-electron chi connectivity index (χ1n) is 9.28. The Labute approximate surface area is 160 Å². The van der Waals surface area contributed by atoms with Gasteiger partial charge in [0.2, 0.25) is 5.43 Å². The zero-order valence-corrected chi connectivity index (χ0v) is 15.7. The molecule has 150 valence electrons. The number of nitrogens with zero attached hydrogens (tertiary/aromatic N) is 2. The molecule has 1 aliphatic carbocycles. The number of hydrogen-bond acceptors (Lipinski definition) is 6. The van der Waals surface area contributed by atoms with Crippen molar-refractivity contribution in [2.75, 3.05) is 23.7 Å². The van der Waals surface area contributed by atoms with Crippen LogP contribution in [-0.2, 0) is 0 Å². The Bertz CT molecular complexity index is 1040. The van der Waals surface area contributed by atoms with Crippen LogP contribution < -0.4 is 26.5 Å². The van der Waals surface area contributed by atoms with Crippen molar-refractivity contribution in [1.82, 2.24) is 4.57 Å². The molecule has 9 heteroatoms. The second kappa shape index (κ2) is 6.37. The molecule has 4 rings (SSSR count). The molecule has 2 fully saturated rings. The number of anilines is 2. The molecular weight excluding hydrogens is 367 g/mol. The molecule has 2 atom stereocenters. The number of ether oxygens (including phenoxy) is 1. The maximum atomic E-state index is 15.3. The number of hydrogen-bond donors (Lipinski definition) is 3. The Hall–Kier alpha value is -2.81. The van der Waals surface area contributed by atoms with Crippen molar-refractivity contribution < 1.29 is 19.0 Å². The summed E-state index contributed by atoms with van der Waals surface area (Å²) in [5.74, 6) is -0.854. The van der Waals surface area contributed by atoms with E-state index in [1.807, 2.05) is 11.8 Å². The van der Waals surface area contributed by atoms with Crippen LogP contribution in [0.25, 0.3) is 10.9 Å². The van der Waals surface area contributed by atoms with Crippen molar-refractivity contribution in [1.29, 1.82) is 0 Å². The van der Waals surface area contributed by atoms with Gasteiger partial charge in [-0.2, -0.15) is 0 Å². The molecule has 1 aliphatic heterocycles. The number of rotatable bonds is 3. The summed E-state index contributed by atoms with van der Waals surface area (Å²) in [5.41, 5.74) is 12.6. The summed E-state index contributed by atoms with van der Waals surface area (Å²) in [4.78, 5) is 25.7. The van der Waals surface area contributed by atoms with Gasteiger partial charge in [0, 0.05) is 25.2 Å². The summed E-state index contributed by atoms with van der Waals surface area (Å²) in [5, 5.41) is 8.89. The molecule has 1 aromatic heterocycles. The van der Waals surface area contributed by atoms with Gasteiger partial charge in [-0.05, 0) is 31.2 Å². The Balaban J connectivity index is 2.02. The van der Waals surface area contributed by atoms with E-state index in [4.69, 9.17) is 16.6 Å². The van der Waals surface area contributed by atoms with Gasteiger partial charge in [0.25, 0.3) is 0 Å². The van der Waals surface area contributed by atoms with Gasteiger partial charge in [0.1, 0.15) is 0 Å². The molecule has 0 spiro atoms. The summed E-state index contributed by atoms with van der Waals surface area (Å²) in [6, 6.07) is 0.0168. The molecule has 2 aliphatic rings. The number of aryl methyl sites for hydroxylation is 1. The molecule has 1 saturated heterocycles. The average molecular weight is 390 g/mol. The van der Waals surface area contributed by atoms with Gasteiger partial charge in [0.15, 0.2) is 11.6 Å². The minimum absolute atomic E-state index is 0.0408. The number of halogens is 1. The molecule has 2 aromatic rings. The third-order valence-electron chi connectivity index (χ3n) is 5.75. The molecule has 5 N–H and O–H groups in total. The van der Waals surface area contributed by atoms with Crippen molar-refractivity contribution in [2.45, 2.75) is 38.8 Å². The van der Waals surface area contributed by atoms with Crippen LogP contribution in [-0.4, -0.2) is 35.0 Å². The van der Waals surface area contributed by atoms with E-state index in [-0.39, 0.29) is 34.8 Å². The molecule has 2 unspecified atom stereocenters. The molecular formula is C19H23FN4O4. The van der Waals surface area contributed by atoms with E-state index in [0.717, 1.165) is 12.8 Å². The zero-order valence-electron chi connectivity index (χ0n) is 15.7. The van der Waals surface area contributed by atoms with Crippen LogP contribution in [0.15, 0.2) is 11.0 Å². The average Bonchev–Trinajstić information content (AvgIpc) is 3.40. The number of fused-ring (bicyclic) bond motifs is 1. The molecule has 28 heavy (non-hydrogen) atoms. The SMILES string of the molecule is Cc1c(N2CC(C)C(N)C2)c(F)c(N)c2c(=O)c(OC(=O)O)cn(C3CC3)c12. The molecule has 2 heterocycles. The maximum absolute atomic E-state index is 15.3. The van der Waals surface area contributed by atoms with Crippen molar-refractivity contribution >= 4 is 28.4 Å². The predicted molar refractivity (Wildman–Crippen MR) is 104 cm³/mol. The molecule has 0 amide bonds. The highest BCUT2D eigenvalue weighted by molar-refractivity contribution is 5.98. The summed E-state index contributed by atoms with van der Waals surface area (Å²) in [6.45, 7) is 4.86. The molecule has 1 aromatic carbocycles. The molecule has 0 bridgehead atoms. The van der Waals surface area contributed by atoms with Gasteiger partial charge < -0.3 is 30.8 Å². The second-order valence-corrected chi connectivity index (χ2v) is 7.80. The number of nitrogen functional groups attached to an aromatic ring is 1. The first kappa shape index (κ1) is 18.5. The lowest BCUT2D eigenvalue weighted by atomic mass is 10.0. The van der Waals surface area contributed by atoms with Crippen LogP contribution in [0.5, 0.6) is 5.75 Å². The highest BCUT2D eigenvalue weighted by Crippen LogP contribution is 2.43. The lowest BCUT2D eigenvalue weighted by Crippen LogP contribution is -2.29. The van der Waals surface area contributed by atoms with E-state index in [2.05, 4.69) is 4.74 Å². The number of benzene rings is 1. The minimum atomic E-state index is -1.61. The quantitative estimate of drug-likeness (QED) is 0.542. The minimum Gasteiger partial charge on any atom is -0.449 e. The van der Waals surface area contributed by atoms with Crippen molar-refractivity contribution in [3.8, 4) is 5.75 Å². The van der Waals surface area contributed by atoms with Crippen LogP contribution >= 0.6 is 0 Å². The predicted octanol–water partition coefficient (Wildman–Crippen LogP) is 2.21. The van der Waals surface area contributed by atoms with Crippen LogP contribution in [0.4, 0.5) is 20.6 Å². The number of nitrogens with two attached hydrogens (primary N) is 2. The largest absolute Gasteiger partial charge is 0.511 e. The summed E-state index contributed by atoms with van der Waals surface area (Å²) in [6.07, 6.45) is 1.54. The fourth-order valence-electron chi connectivity index (χ4n) is 4.11. The van der Waals surface area contributed by atoms with Crippen molar-refractivity contribution in [3.63, 3.8) is 0 Å². The van der Waals surface area contributed by atoms with E-state index in [0.29, 0.717) is 29.9 Å². The maximum Gasteiger partial charge on any atom is 0.511 e. The Morgan fingerprint density at radius 1 is 1.36 bits per heavy atom. The number of carboxylic acid groups (broad SMARTS) is 1. The van der Waals surface area contributed by atoms with Crippen LogP contribution in [0.2, 0.25) is 0 Å². The van der Waals surface area contributed by atoms with Crippen molar-refractivity contribution in [3.05, 3.63) is 27.8 Å². The van der Waals surface area contributed by atoms with Crippen molar-refractivity contribution in [2.24, 2.45) is 11.7 Å². The first-order chi connectivity index (χ1) is 13.2. The third kappa shape index (κ3) is 2.77. The number of pyridine rings is 1. The third-order valence-corrected chi connectivity index (χ3v) is 5.75. The van der Waals surface area contributed by atoms with Gasteiger partial charge in [-0.3, -0.25) is 4.79 Å². The summed E-state index contributed by atoms with van der Waals surface area (Å²) in [7, 11) is 0. The van der Waals surface area contributed by atoms with Crippen LogP contribution in [0.3, 0.4) is 0 Å². The van der Waals surface area contributed by atoms with E-state index in [1.54, 1.807) is 11.5 Å². The van der Waals surface area contributed by atoms with E-state index in [9.17, 15) is 9.59 Å². The van der Waals surface area contributed by atoms with E-state index in [1.165, 1.54) is 6.20 Å².